The molecule has 3 aromatic rings. The number of ether oxygens (including phenoxy) is 1. The molecule has 5 nitrogen and oxygen atoms in total. The number of halogens is 1. The molecule has 3 rings (SSSR count). The summed E-state index contributed by atoms with van der Waals surface area (Å²) in [7, 11) is 0. The van der Waals surface area contributed by atoms with Gasteiger partial charge in [-0.3, -0.25) is 9.59 Å². The fraction of sp³-hybridized carbons (Fsp3) is 0.208. The van der Waals surface area contributed by atoms with Crippen LogP contribution in [0.5, 0.6) is 0 Å². The van der Waals surface area contributed by atoms with Gasteiger partial charge in [-0.2, -0.15) is 0 Å². The Balaban J connectivity index is 1.82. The molecular formula is C24H22FNO4S. The first-order valence-corrected chi connectivity index (χ1v) is 10.7. The van der Waals surface area contributed by atoms with Crippen LogP contribution in [-0.4, -0.2) is 24.3 Å². The zero-order valence-electron chi connectivity index (χ0n) is 17.2. The molecule has 0 saturated heterocycles. The highest BCUT2D eigenvalue weighted by Gasteiger charge is 2.25. The lowest BCUT2D eigenvalue weighted by atomic mass is 10.0. The summed E-state index contributed by atoms with van der Waals surface area (Å²) in [6.07, 6.45) is 0.0403. The summed E-state index contributed by atoms with van der Waals surface area (Å²) in [5, 5.41) is 3.11. The van der Waals surface area contributed by atoms with E-state index in [-0.39, 0.29) is 42.5 Å². The molecule has 160 valence electrons. The third-order valence-corrected chi connectivity index (χ3v) is 5.65. The molecule has 0 atom stereocenters. The van der Waals surface area contributed by atoms with E-state index in [1.807, 2.05) is 13.0 Å². The van der Waals surface area contributed by atoms with Crippen molar-refractivity contribution in [2.45, 2.75) is 26.7 Å². The zero-order chi connectivity index (χ0) is 22.4. The lowest BCUT2D eigenvalue weighted by molar-refractivity contribution is -0.116. The van der Waals surface area contributed by atoms with Crippen LogP contribution < -0.4 is 5.32 Å². The molecule has 31 heavy (non-hydrogen) atoms. The highest BCUT2D eigenvalue weighted by atomic mass is 32.1. The van der Waals surface area contributed by atoms with Crippen molar-refractivity contribution in [3.05, 3.63) is 76.4 Å². The van der Waals surface area contributed by atoms with Crippen molar-refractivity contribution in [2.75, 3.05) is 11.9 Å². The van der Waals surface area contributed by atoms with Crippen LogP contribution in [0.4, 0.5) is 9.39 Å². The number of nitrogens with one attached hydrogen (secondary N) is 1. The number of hydrogen-bond donors (Lipinski definition) is 1. The van der Waals surface area contributed by atoms with Gasteiger partial charge in [0.1, 0.15) is 16.4 Å². The van der Waals surface area contributed by atoms with E-state index in [1.54, 1.807) is 43.3 Å². The number of benzene rings is 2. The number of amides is 1. The molecule has 1 N–H and O–H groups in total. The topological polar surface area (TPSA) is 72.5 Å². The third-order valence-electron chi connectivity index (χ3n) is 4.62. The highest BCUT2D eigenvalue weighted by Crippen LogP contribution is 2.40. The molecule has 0 unspecified atom stereocenters. The first kappa shape index (κ1) is 22.4. The predicted molar refractivity (Wildman–Crippen MR) is 119 cm³/mol. The molecule has 1 aromatic heterocycles. The molecule has 1 heterocycles. The minimum Gasteiger partial charge on any atom is -0.462 e. The Morgan fingerprint density at radius 1 is 1.00 bits per heavy atom. The van der Waals surface area contributed by atoms with Crippen LogP contribution in [0.25, 0.3) is 11.1 Å². The minimum absolute atomic E-state index is 0.0151. The highest BCUT2D eigenvalue weighted by molar-refractivity contribution is 7.17. The largest absolute Gasteiger partial charge is 0.462 e. The lowest BCUT2D eigenvalue weighted by Gasteiger charge is -2.09. The number of hydrogen-bond acceptors (Lipinski definition) is 5. The van der Waals surface area contributed by atoms with Crippen molar-refractivity contribution in [1.82, 2.24) is 0 Å². The van der Waals surface area contributed by atoms with Crippen LogP contribution in [-0.2, 0) is 9.53 Å². The Bertz CT molecular complexity index is 1090. The van der Waals surface area contributed by atoms with Crippen LogP contribution in [0.2, 0.25) is 0 Å². The summed E-state index contributed by atoms with van der Waals surface area (Å²) in [6.45, 7) is 3.69. The first-order chi connectivity index (χ1) is 14.9. The van der Waals surface area contributed by atoms with Gasteiger partial charge < -0.3 is 10.1 Å². The van der Waals surface area contributed by atoms with Gasteiger partial charge in [-0.1, -0.05) is 42.5 Å². The maximum Gasteiger partial charge on any atom is 0.341 e. The second-order valence-corrected chi connectivity index (χ2v) is 8.03. The Morgan fingerprint density at radius 3 is 2.32 bits per heavy atom. The summed E-state index contributed by atoms with van der Waals surface area (Å²) in [4.78, 5) is 38.2. The van der Waals surface area contributed by atoms with Gasteiger partial charge in [0.25, 0.3) is 0 Å². The standard InChI is InChI=1S/C24H22FNO4S/c1-3-30-24(29)22-21(17-9-11-18(25)12-10-17)15(2)31-23(22)26-20(28)14-13-19(27)16-7-5-4-6-8-16/h4-12H,3,13-14H2,1-2H3,(H,26,28). The molecule has 0 aliphatic heterocycles. The van der Waals surface area contributed by atoms with E-state index in [4.69, 9.17) is 4.74 Å². The molecule has 0 spiro atoms. The summed E-state index contributed by atoms with van der Waals surface area (Å²) < 4.78 is 18.6. The Morgan fingerprint density at radius 2 is 1.68 bits per heavy atom. The van der Waals surface area contributed by atoms with E-state index in [0.717, 1.165) is 4.88 Å². The van der Waals surface area contributed by atoms with Crippen molar-refractivity contribution < 1.29 is 23.5 Å². The van der Waals surface area contributed by atoms with Crippen LogP contribution in [0.1, 0.15) is 45.4 Å². The van der Waals surface area contributed by atoms with E-state index in [2.05, 4.69) is 5.32 Å². The Kier molecular flexibility index (Phi) is 7.31. The molecule has 7 heteroatoms. The maximum absolute atomic E-state index is 13.4. The number of rotatable bonds is 8. The second-order valence-electron chi connectivity index (χ2n) is 6.80. The quantitative estimate of drug-likeness (QED) is 0.364. The van der Waals surface area contributed by atoms with Crippen LogP contribution in [0.15, 0.2) is 54.6 Å². The molecule has 0 aliphatic carbocycles. The van der Waals surface area contributed by atoms with Crippen molar-refractivity contribution in [3.8, 4) is 11.1 Å². The first-order valence-electron chi connectivity index (χ1n) is 9.85. The monoisotopic (exact) mass is 439 g/mol. The van der Waals surface area contributed by atoms with Crippen molar-refractivity contribution >= 4 is 34.0 Å². The lowest BCUT2D eigenvalue weighted by Crippen LogP contribution is -2.15. The molecule has 2 aromatic carbocycles. The molecule has 0 saturated carbocycles. The van der Waals surface area contributed by atoms with E-state index >= 15 is 0 Å². The zero-order valence-corrected chi connectivity index (χ0v) is 18.1. The summed E-state index contributed by atoms with van der Waals surface area (Å²) >= 11 is 1.24. The summed E-state index contributed by atoms with van der Waals surface area (Å²) in [6, 6.07) is 14.6. The number of aryl methyl sites for hydroxylation is 1. The molecule has 0 aliphatic rings. The molecule has 1 amide bonds. The number of thiophene rings is 1. The average Bonchev–Trinajstić information content (AvgIpc) is 3.09. The van der Waals surface area contributed by atoms with Gasteiger partial charge >= 0.3 is 5.97 Å². The van der Waals surface area contributed by atoms with Gasteiger partial charge in [-0.15, -0.1) is 11.3 Å². The SMILES string of the molecule is CCOC(=O)c1c(NC(=O)CCC(=O)c2ccccc2)sc(C)c1-c1ccc(F)cc1. The number of esters is 1. The van der Waals surface area contributed by atoms with Crippen LogP contribution in [0.3, 0.4) is 0 Å². The maximum atomic E-state index is 13.4. The Labute approximate surface area is 183 Å². The summed E-state index contributed by atoms with van der Waals surface area (Å²) in [5.74, 6) is -1.45. The Hall–Kier alpha value is -3.32. The summed E-state index contributed by atoms with van der Waals surface area (Å²) in [5.41, 5.74) is 2.03. The molecule has 0 bridgehead atoms. The van der Waals surface area contributed by atoms with E-state index < -0.39 is 5.97 Å². The normalized spacial score (nSPS) is 10.5. The van der Waals surface area contributed by atoms with Gasteiger partial charge in [0.2, 0.25) is 5.91 Å². The number of ketones is 1. The van der Waals surface area contributed by atoms with Crippen molar-refractivity contribution in [3.63, 3.8) is 0 Å². The second kappa shape index (κ2) is 10.1. The number of Topliss-reactive ketones (excluding diaryl/α,β-unsaturated/α-hetero) is 1. The fourth-order valence-electron chi connectivity index (χ4n) is 3.18. The third kappa shape index (κ3) is 5.44. The predicted octanol–water partition coefficient (Wildman–Crippen LogP) is 5.64. The van der Waals surface area contributed by atoms with Crippen LogP contribution >= 0.6 is 11.3 Å². The average molecular weight is 440 g/mol. The van der Waals surface area contributed by atoms with Gasteiger partial charge in [-0.25, -0.2) is 9.18 Å². The number of anilines is 1. The van der Waals surface area contributed by atoms with Gasteiger partial charge in [0, 0.05) is 28.8 Å². The molecule has 0 fully saturated rings. The van der Waals surface area contributed by atoms with Gasteiger partial charge in [-0.05, 0) is 31.5 Å². The number of carbonyl (C=O) groups excluding carboxylic acids is 3. The van der Waals surface area contributed by atoms with Gasteiger partial charge in [0.15, 0.2) is 5.78 Å². The van der Waals surface area contributed by atoms with Crippen LogP contribution in [0, 0.1) is 12.7 Å². The molecule has 0 radical (unpaired) electrons. The smallest absolute Gasteiger partial charge is 0.341 e. The van der Waals surface area contributed by atoms with E-state index in [1.165, 1.54) is 23.5 Å². The van der Waals surface area contributed by atoms with Crippen molar-refractivity contribution in [2.24, 2.45) is 0 Å². The van der Waals surface area contributed by atoms with Crippen molar-refractivity contribution in [1.29, 1.82) is 0 Å². The number of carbonyl (C=O) groups is 3. The molecular weight excluding hydrogens is 417 g/mol. The minimum atomic E-state index is -0.568. The van der Waals surface area contributed by atoms with Gasteiger partial charge in [0.05, 0.1) is 6.61 Å². The fourth-order valence-corrected chi connectivity index (χ4v) is 4.26. The van der Waals surface area contributed by atoms with E-state index in [9.17, 15) is 18.8 Å². The van der Waals surface area contributed by atoms with E-state index in [0.29, 0.717) is 21.7 Å².